The van der Waals surface area contributed by atoms with Crippen LogP contribution in [-0.2, 0) is 0 Å². The zero-order valence-corrected chi connectivity index (χ0v) is 7.20. The molecule has 1 heterocycles. The molecule has 1 rings (SSSR count). The fraction of sp³-hybridized carbons (Fsp3) is 1.00. The van der Waals surface area contributed by atoms with Crippen molar-refractivity contribution in [1.82, 2.24) is 0 Å². The summed E-state index contributed by atoms with van der Waals surface area (Å²) in [6.45, 7) is 0.384. The number of thioether (sulfide) groups is 1. The zero-order chi connectivity index (χ0) is 7.23. The van der Waals surface area contributed by atoms with Gasteiger partial charge in [-0.05, 0) is 43.1 Å². The lowest BCUT2D eigenvalue weighted by molar-refractivity contribution is 0.250. The Morgan fingerprint density at radius 3 is 3.00 bits per heavy atom. The van der Waals surface area contributed by atoms with Crippen molar-refractivity contribution in [1.29, 1.82) is 0 Å². The summed E-state index contributed by atoms with van der Waals surface area (Å²) in [5.41, 5.74) is 0. The summed E-state index contributed by atoms with van der Waals surface area (Å²) in [4.78, 5) is 0. The summed E-state index contributed by atoms with van der Waals surface area (Å²) in [5, 5.41) is 8.70. The van der Waals surface area contributed by atoms with Crippen LogP contribution in [0.1, 0.15) is 25.7 Å². The lowest BCUT2D eigenvalue weighted by atomic mass is 9.98. The van der Waals surface area contributed by atoms with Crippen molar-refractivity contribution in [3.05, 3.63) is 0 Å². The highest BCUT2D eigenvalue weighted by molar-refractivity contribution is 7.99. The second-order valence-corrected chi connectivity index (χ2v) is 4.15. The van der Waals surface area contributed by atoms with Crippen LogP contribution in [0.5, 0.6) is 0 Å². The highest BCUT2D eigenvalue weighted by Crippen LogP contribution is 2.23. The van der Waals surface area contributed by atoms with Gasteiger partial charge in [0.25, 0.3) is 0 Å². The second kappa shape index (κ2) is 5.03. The molecule has 2 heteroatoms. The predicted molar refractivity (Wildman–Crippen MR) is 46.4 cm³/mol. The molecular weight excluding hydrogens is 144 g/mol. The Kier molecular flexibility index (Phi) is 4.23. The SMILES string of the molecule is OCCC1CCCSCC1. The van der Waals surface area contributed by atoms with Crippen LogP contribution < -0.4 is 0 Å². The van der Waals surface area contributed by atoms with E-state index in [0.717, 1.165) is 12.3 Å². The van der Waals surface area contributed by atoms with E-state index in [-0.39, 0.29) is 0 Å². The van der Waals surface area contributed by atoms with Gasteiger partial charge >= 0.3 is 0 Å². The van der Waals surface area contributed by atoms with Crippen molar-refractivity contribution in [2.24, 2.45) is 5.92 Å². The highest BCUT2D eigenvalue weighted by atomic mass is 32.2. The van der Waals surface area contributed by atoms with Gasteiger partial charge in [0, 0.05) is 6.61 Å². The first-order valence-corrected chi connectivity index (χ1v) is 5.27. The van der Waals surface area contributed by atoms with Gasteiger partial charge in [0.1, 0.15) is 0 Å². The second-order valence-electron chi connectivity index (χ2n) is 2.92. The summed E-state index contributed by atoms with van der Waals surface area (Å²) in [7, 11) is 0. The average Bonchev–Trinajstić information content (AvgIpc) is 2.17. The molecule has 1 atom stereocenters. The van der Waals surface area contributed by atoms with Crippen LogP contribution in [0, 0.1) is 5.92 Å². The molecule has 60 valence electrons. The molecule has 1 saturated heterocycles. The van der Waals surface area contributed by atoms with Gasteiger partial charge in [-0.2, -0.15) is 11.8 Å². The Balaban J connectivity index is 2.15. The Bertz CT molecular complexity index is 77.3. The van der Waals surface area contributed by atoms with E-state index in [1.165, 1.54) is 30.8 Å². The van der Waals surface area contributed by atoms with Crippen LogP contribution in [0.3, 0.4) is 0 Å². The van der Waals surface area contributed by atoms with Crippen molar-refractivity contribution in [3.63, 3.8) is 0 Å². The minimum atomic E-state index is 0.384. The van der Waals surface area contributed by atoms with Crippen LogP contribution in [0.25, 0.3) is 0 Å². The molecule has 1 aliphatic rings. The quantitative estimate of drug-likeness (QED) is 0.666. The first kappa shape index (κ1) is 8.41. The lowest BCUT2D eigenvalue weighted by Gasteiger charge is -2.09. The summed E-state index contributed by atoms with van der Waals surface area (Å²) in [6.07, 6.45) is 5.05. The number of aliphatic hydroxyl groups is 1. The first-order valence-electron chi connectivity index (χ1n) is 4.12. The van der Waals surface area contributed by atoms with E-state index in [4.69, 9.17) is 5.11 Å². The van der Waals surface area contributed by atoms with Gasteiger partial charge in [0.2, 0.25) is 0 Å². The Morgan fingerprint density at radius 2 is 2.20 bits per heavy atom. The fourth-order valence-electron chi connectivity index (χ4n) is 1.44. The zero-order valence-electron chi connectivity index (χ0n) is 6.38. The summed E-state index contributed by atoms with van der Waals surface area (Å²) < 4.78 is 0. The van der Waals surface area contributed by atoms with Gasteiger partial charge < -0.3 is 5.11 Å². The van der Waals surface area contributed by atoms with E-state index in [2.05, 4.69) is 11.8 Å². The molecule has 1 aliphatic heterocycles. The van der Waals surface area contributed by atoms with Crippen LogP contribution in [0.15, 0.2) is 0 Å². The van der Waals surface area contributed by atoms with Crippen LogP contribution in [-0.4, -0.2) is 23.2 Å². The third-order valence-corrected chi connectivity index (χ3v) is 3.21. The summed E-state index contributed by atoms with van der Waals surface area (Å²) in [6, 6.07) is 0. The molecule has 0 saturated carbocycles. The largest absolute Gasteiger partial charge is 0.396 e. The molecule has 0 radical (unpaired) electrons. The van der Waals surface area contributed by atoms with Gasteiger partial charge in [-0.25, -0.2) is 0 Å². The van der Waals surface area contributed by atoms with Gasteiger partial charge in [-0.3, -0.25) is 0 Å². The Labute approximate surface area is 67.2 Å². The van der Waals surface area contributed by atoms with Crippen molar-refractivity contribution in [3.8, 4) is 0 Å². The number of aliphatic hydroxyl groups excluding tert-OH is 1. The molecule has 0 bridgehead atoms. The molecule has 10 heavy (non-hydrogen) atoms. The molecule has 1 nitrogen and oxygen atoms in total. The van der Waals surface area contributed by atoms with Crippen LogP contribution in [0.4, 0.5) is 0 Å². The van der Waals surface area contributed by atoms with Gasteiger partial charge in [0.05, 0.1) is 0 Å². The van der Waals surface area contributed by atoms with E-state index in [0.29, 0.717) is 6.61 Å². The third-order valence-electron chi connectivity index (χ3n) is 2.11. The molecule has 1 N–H and O–H groups in total. The fourth-order valence-corrected chi connectivity index (χ4v) is 2.52. The predicted octanol–water partition coefficient (Wildman–Crippen LogP) is 1.90. The van der Waals surface area contributed by atoms with Crippen molar-refractivity contribution in [2.45, 2.75) is 25.7 Å². The summed E-state index contributed by atoms with van der Waals surface area (Å²) in [5.74, 6) is 3.46. The molecule has 0 aromatic rings. The van der Waals surface area contributed by atoms with E-state index in [1.54, 1.807) is 0 Å². The number of hydrogen-bond acceptors (Lipinski definition) is 2. The van der Waals surface area contributed by atoms with E-state index < -0.39 is 0 Å². The monoisotopic (exact) mass is 160 g/mol. The van der Waals surface area contributed by atoms with Gasteiger partial charge in [0.15, 0.2) is 0 Å². The van der Waals surface area contributed by atoms with Crippen molar-refractivity contribution >= 4 is 11.8 Å². The van der Waals surface area contributed by atoms with Crippen LogP contribution in [0.2, 0.25) is 0 Å². The third kappa shape index (κ3) is 2.93. The van der Waals surface area contributed by atoms with E-state index in [9.17, 15) is 0 Å². The molecule has 1 unspecified atom stereocenters. The molecule has 0 aromatic heterocycles. The molecular formula is C8H16OS. The van der Waals surface area contributed by atoms with E-state index in [1.807, 2.05) is 0 Å². The van der Waals surface area contributed by atoms with Crippen LogP contribution >= 0.6 is 11.8 Å². The maximum Gasteiger partial charge on any atom is 0.0433 e. The minimum absolute atomic E-state index is 0.384. The molecule has 0 aliphatic carbocycles. The average molecular weight is 160 g/mol. The molecule has 0 spiro atoms. The normalized spacial score (nSPS) is 27.9. The molecule has 1 fully saturated rings. The molecule has 0 aromatic carbocycles. The maximum absolute atomic E-state index is 8.70. The smallest absolute Gasteiger partial charge is 0.0433 e. The van der Waals surface area contributed by atoms with Crippen molar-refractivity contribution < 1.29 is 5.11 Å². The Morgan fingerprint density at radius 1 is 1.30 bits per heavy atom. The van der Waals surface area contributed by atoms with E-state index >= 15 is 0 Å². The highest BCUT2D eigenvalue weighted by Gasteiger charge is 2.10. The minimum Gasteiger partial charge on any atom is -0.396 e. The maximum atomic E-state index is 8.70. The number of rotatable bonds is 2. The van der Waals surface area contributed by atoms with Crippen molar-refractivity contribution in [2.75, 3.05) is 18.1 Å². The summed E-state index contributed by atoms with van der Waals surface area (Å²) >= 11 is 2.06. The number of hydrogen-bond donors (Lipinski definition) is 1. The topological polar surface area (TPSA) is 20.2 Å². The lowest BCUT2D eigenvalue weighted by Crippen LogP contribution is -2.02. The van der Waals surface area contributed by atoms with Gasteiger partial charge in [-0.15, -0.1) is 0 Å². The molecule has 0 amide bonds. The first-order chi connectivity index (χ1) is 4.93. The standard InChI is InChI=1S/C8H16OS/c9-5-3-8-2-1-6-10-7-4-8/h8-9H,1-7H2. The van der Waals surface area contributed by atoms with Gasteiger partial charge in [-0.1, -0.05) is 0 Å². The Hall–Kier alpha value is 0.310.